The fraction of sp³-hybridized carbons (Fsp3) is 0.111. The lowest BCUT2D eigenvalue weighted by Gasteiger charge is -1.99. The topological polar surface area (TPSA) is 39.4 Å². The summed E-state index contributed by atoms with van der Waals surface area (Å²) in [5.41, 5.74) is 6.63. The maximum Gasteiger partial charge on any atom is 0.113 e. The highest BCUT2D eigenvalue weighted by Crippen LogP contribution is 2.07. The fourth-order valence-electron chi connectivity index (χ4n) is 1.11. The molecule has 59 valence electrons. The Hall–Kier alpha value is -1.64. The molecule has 1 aliphatic heterocycles. The molecule has 0 bridgehead atoms. The molecular weight excluding hydrogens is 150 g/mol. The zero-order valence-electron chi connectivity index (χ0n) is 6.73. The average molecular weight is 158 g/mol. The molecule has 0 atom stereocenters. The summed E-state index contributed by atoms with van der Waals surface area (Å²) in [7, 11) is 0. The van der Waals surface area contributed by atoms with Gasteiger partial charge in [-0.1, -0.05) is 6.07 Å². The molecule has 0 spiro atoms. The van der Waals surface area contributed by atoms with Crippen molar-refractivity contribution in [2.24, 2.45) is 5.10 Å². The molecule has 3 nitrogen and oxygen atoms in total. The van der Waals surface area contributed by atoms with E-state index in [0.717, 1.165) is 17.0 Å². The van der Waals surface area contributed by atoms with Crippen molar-refractivity contribution in [2.75, 3.05) is 0 Å². The van der Waals surface area contributed by atoms with Gasteiger partial charge in [0.2, 0.25) is 0 Å². The van der Waals surface area contributed by atoms with Gasteiger partial charge in [-0.15, -0.1) is 5.10 Å². The first-order chi connectivity index (χ1) is 5.88. The molecule has 12 heavy (non-hydrogen) atoms. The van der Waals surface area contributed by atoms with Crippen LogP contribution in [0.4, 0.5) is 0 Å². The monoisotopic (exact) mass is 158 g/mol. The first kappa shape index (κ1) is 7.03. The molecule has 1 aromatic heterocycles. The molecule has 1 radical (unpaired) electrons. The van der Waals surface area contributed by atoms with Gasteiger partial charge in [0, 0.05) is 6.20 Å². The van der Waals surface area contributed by atoms with Gasteiger partial charge in [0.1, 0.15) is 5.71 Å². The Bertz CT molecular complexity index is 353. The van der Waals surface area contributed by atoms with Crippen LogP contribution in [0.15, 0.2) is 35.7 Å². The van der Waals surface area contributed by atoms with Crippen LogP contribution >= 0.6 is 0 Å². The van der Waals surface area contributed by atoms with Crippen molar-refractivity contribution in [1.29, 1.82) is 0 Å². The normalized spacial score (nSPS) is 14.2. The van der Waals surface area contributed by atoms with Gasteiger partial charge in [-0.05, 0) is 24.6 Å². The Balaban J connectivity index is 2.46. The minimum Gasteiger partial charge on any atom is -0.254 e. The molecule has 0 saturated carbocycles. The maximum atomic E-state index is 4.22. The molecule has 0 unspecified atom stereocenters. The Morgan fingerprint density at radius 3 is 2.92 bits per heavy atom. The standard InChI is InChI=1S/C9H8N3/c1-7-3-2-5-10-9(7)8-4-6-11-12-8/h2-6H,1H3. The molecule has 0 aromatic carbocycles. The average Bonchev–Trinajstić information content (AvgIpc) is 2.57. The predicted molar refractivity (Wildman–Crippen MR) is 46.8 cm³/mol. The lowest BCUT2D eigenvalue weighted by atomic mass is 10.1. The number of nitrogens with zero attached hydrogens (tertiary/aromatic N) is 3. The first-order valence-electron chi connectivity index (χ1n) is 3.74. The number of hydrogen-bond donors (Lipinski definition) is 0. The third-order valence-corrected chi connectivity index (χ3v) is 1.72. The van der Waals surface area contributed by atoms with Gasteiger partial charge in [-0.25, -0.2) is 0 Å². The van der Waals surface area contributed by atoms with E-state index in [-0.39, 0.29) is 0 Å². The lowest BCUT2D eigenvalue weighted by Crippen LogP contribution is -2.00. The van der Waals surface area contributed by atoms with Crippen molar-refractivity contribution in [1.82, 2.24) is 10.4 Å². The van der Waals surface area contributed by atoms with Crippen molar-refractivity contribution < 1.29 is 0 Å². The van der Waals surface area contributed by atoms with Crippen LogP contribution in [-0.2, 0) is 0 Å². The number of aromatic nitrogens is 1. The first-order valence-corrected chi connectivity index (χ1v) is 3.74. The van der Waals surface area contributed by atoms with Gasteiger partial charge in [-0.2, -0.15) is 5.43 Å². The van der Waals surface area contributed by atoms with Crippen LogP contribution in [0.5, 0.6) is 0 Å². The third kappa shape index (κ3) is 1.09. The number of hydrogen-bond acceptors (Lipinski definition) is 2. The van der Waals surface area contributed by atoms with Crippen molar-refractivity contribution >= 4 is 5.71 Å². The highest BCUT2D eigenvalue weighted by atomic mass is 15.3. The van der Waals surface area contributed by atoms with Gasteiger partial charge in [-0.3, -0.25) is 4.98 Å². The molecule has 2 rings (SSSR count). The summed E-state index contributed by atoms with van der Waals surface area (Å²) >= 11 is 0. The molecule has 1 aromatic rings. The van der Waals surface area contributed by atoms with E-state index in [1.165, 1.54) is 0 Å². The van der Waals surface area contributed by atoms with Crippen LogP contribution in [0.2, 0.25) is 0 Å². The third-order valence-electron chi connectivity index (χ3n) is 1.72. The van der Waals surface area contributed by atoms with Gasteiger partial charge in [0.25, 0.3) is 0 Å². The van der Waals surface area contributed by atoms with Gasteiger partial charge >= 0.3 is 0 Å². The molecule has 0 aliphatic carbocycles. The number of allylic oxidation sites excluding steroid dienone is 1. The van der Waals surface area contributed by atoms with Gasteiger partial charge in [0.05, 0.1) is 11.9 Å². The number of aryl methyl sites for hydroxylation is 1. The van der Waals surface area contributed by atoms with E-state index in [1.54, 1.807) is 12.4 Å². The fourth-order valence-corrected chi connectivity index (χ4v) is 1.11. The smallest absolute Gasteiger partial charge is 0.113 e. The van der Waals surface area contributed by atoms with Gasteiger partial charge < -0.3 is 0 Å². The second-order valence-corrected chi connectivity index (χ2v) is 2.59. The van der Waals surface area contributed by atoms with Gasteiger partial charge in [0.15, 0.2) is 0 Å². The Morgan fingerprint density at radius 2 is 2.25 bits per heavy atom. The second-order valence-electron chi connectivity index (χ2n) is 2.59. The number of rotatable bonds is 1. The Morgan fingerprint density at radius 1 is 1.33 bits per heavy atom. The van der Waals surface area contributed by atoms with Crippen LogP contribution in [0.1, 0.15) is 11.3 Å². The summed E-state index contributed by atoms with van der Waals surface area (Å²) in [6, 6.07) is 3.92. The molecule has 2 heterocycles. The lowest BCUT2D eigenvalue weighted by molar-refractivity contribution is 0.970. The summed E-state index contributed by atoms with van der Waals surface area (Å²) in [5, 5.41) is 3.93. The molecule has 3 heteroatoms. The molecule has 0 N–H and O–H groups in total. The van der Waals surface area contributed by atoms with Crippen molar-refractivity contribution in [3.05, 3.63) is 41.9 Å². The Labute approximate surface area is 70.8 Å². The van der Waals surface area contributed by atoms with E-state index < -0.39 is 0 Å². The van der Waals surface area contributed by atoms with E-state index in [0.29, 0.717) is 0 Å². The summed E-state index contributed by atoms with van der Waals surface area (Å²) in [6.07, 6.45) is 5.29. The minimum atomic E-state index is 0.841. The van der Waals surface area contributed by atoms with E-state index in [1.807, 2.05) is 25.1 Å². The van der Waals surface area contributed by atoms with Crippen molar-refractivity contribution in [3.8, 4) is 0 Å². The van der Waals surface area contributed by atoms with E-state index in [9.17, 15) is 0 Å². The largest absolute Gasteiger partial charge is 0.254 e. The summed E-state index contributed by atoms with van der Waals surface area (Å²) < 4.78 is 0. The zero-order chi connectivity index (χ0) is 8.39. The molecular formula is C9H8N3. The highest BCUT2D eigenvalue weighted by molar-refractivity contribution is 6.08. The van der Waals surface area contributed by atoms with Crippen LogP contribution in [0.25, 0.3) is 0 Å². The van der Waals surface area contributed by atoms with Crippen LogP contribution in [-0.4, -0.2) is 10.7 Å². The second kappa shape index (κ2) is 2.77. The van der Waals surface area contributed by atoms with Crippen molar-refractivity contribution in [3.63, 3.8) is 0 Å². The van der Waals surface area contributed by atoms with Crippen LogP contribution in [0, 0.1) is 6.92 Å². The molecule has 0 amide bonds. The summed E-state index contributed by atoms with van der Waals surface area (Å²) in [6.45, 7) is 2.01. The SMILES string of the molecule is Cc1cccnc1C1=N[N]C=C1. The van der Waals surface area contributed by atoms with E-state index >= 15 is 0 Å². The molecule has 0 saturated heterocycles. The summed E-state index contributed by atoms with van der Waals surface area (Å²) in [5.74, 6) is 0. The Kier molecular flexibility index (Phi) is 1.63. The van der Waals surface area contributed by atoms with Crippen molar-refractivity contribution in [2.45, 2.75) is 6.92 Å². The molecule has 0 fully saturated rings. The van der Waals surface area contributed by atoms with E-state index in [4.69, 9.17) is 0 Å². The maximum absolute atomic E-state index is 4.22. The predicted octanol–water partition coefficient (Wildman–Crippen LogP) is 1.23. The summed E-state index contributed by atoms with van der Waals surface area (Å²) in [4.78, 5) is 4.22. The quantitative estimate of drug-likeness (QED) is 0.605. The van der Waals surface area contributed by atoms with Crippen LogP contribution in [0.3, 0.4) is 0 Å². The molecule has 1 aliphatic rings. The minimum absolute atomic E-state index is 0.841. The highest BCUT2D eigenvalue weighted by Gasteiger charge is 2.07. The zero-order valence-corrected chi connectivity index (χ0v) is 6.73. The number of pyridine rings is 1. The van der Waals surface area contributed by atoms with E-state index in [2.05, 4.69) is 15.5 Å². The van der Waals surface area contributed by atoms with Crippen LogP contribution < -0.4 is 5.43 Å².